The second-order valence-electron chi connectivity index (χ2n) is 3.10. The summed E-state index contributed by atoms with van der Waals surface area (Å²) in [4.78, 5) is 24.4. The molecule has 0 aromatic carbocycles. The summed E-state index contributed by atoms with van der Waals surface area (Å²) in [5, 5.41) is 2.58. The molecule has 0 heterocycles. The van der Waals surface area contributed by atoms with Crippen LogP contribution in [-0.2, 0) is 9.53 Å². The van der Waals surface area contributed by atoms with Gasteiger partial charge in [-0.05, 0) is 27.7 Å². The maximum atomic E-state index is 11.5. The molecule has 88 valence electrons. The number of amides is 2. The lowest BCUT2D eigenvalue weighted by molar-refractivity contribution is -0.144. The van der Waals surface area contributed by atoms with Crippen molar-refractivity contribution >= 4 is 12.0 Å². The fraction of sp³-hybridized carbons (Fsp3) is 0.800. The highest BCUT2D eigenvalue weighted by Crippen LogP contribution is 1.93. The number of urea groups is 1. The summed E-state index contributed by atoms with van der Waals surface area (Å²) in [5.74, 6) is -0.405. The van der Waals surface area contributed by atoms with Gasteiger partial charge >= 0.3 is 12.0 Å². The Morgan fingerprint density at radius 2 is 1.80 bits per heavy atom. The summed E-state index contributed by atoms with van der Waals surface area (Å²) < 4.78 is 4.78. The molecule has 1 N–H and O–H groups in total. The molecule has 5 heteroatoms. The number of ether oxygens (including phenoxy) is 1. The van der Waals surface area contributed by atoms with Crippen LogP contribution in [-0.4, -0.2) is 42.6 Å². The van der Waals surface area contributed by atoms with Crippen molar-refractivity contribution in [3.8, 4) is 0 Å². The fourth-order valence-electron chi connectivity index (χ4n) is 1.11. The van der Waals surface area contributed by atoms with Crippen molar-refractivity contribution in [1.82, 2.24) is 10.2 Å². The lowest BCUT2D eigenvalue weighted by Crippen LogP contribution is -2.47. The molecule has 1 unspecified atom stereocenters. The van der Waals surface area contributed by atoms with Crippen LogP contribution in [0.3, 0.4) is 0 Å². The third-order valence-electron chi connectivity index (χ3n) is 2.03. The maximum Gasteiger partial charge on any atom is 0.328 e. The summed E-state index contributed by atoms with van der Waals surface area (Å²) in [5.41, 5.74) is 0. The molecule has 0 aromatic heterocycles. The molecule has 0 rings (SSSR count). The van der Waals surface area contributed by atoms with Crippen molar-refractivity contribution in [2.75, 3.05) is 19.7 Å². The Labute approximate surface area is 90.8 Å². The van der Waals surface area contributed by atoms with Gasteiger partial charge in [-0.3, -0.25) is 0 Å². The lowest BCUT2D eigenvalue weighted by Gasteiger charge is -2.21. The van der Waals surface area contributed by atoms with Gasteiger partial charge in [0.1, 0.15) is 6.04 Å². The molecule has 1 atom stereocenters. The van der Waals surface area contributed by atoms with E-state index in [4.69, 9.17) is 4.74 Å². The Morgan fingerprint density at radius 3 is 2.20 bits per heavy atom. The van der Waals surface area contributed by atoms with E-state index in [0.29, 0.717) is 19.7 Å². The number of rotatable bonds is 5. The lowest BCUT2D eigenvalue weighted by atomic mass is 10.3. The molecular weight excluding hydrogens is 196 g/mol. The highest BCUT2D eigenvalue weighted by atomic mass is 16.5. The van der Waals surface area contributed by atoms with Crippen molar-refractivity contribution in [1.29, 1.82) is 0 Å². The molecule has 0 fully saturated rings. The molecule has 0 bridgehead atoms. The van der Waals surface area contributed by atoms with E-state index in [-0.39, 0.29) is 6.03 Å². The minimum absolute atomic E-state index is 0.236. The number of hydrogen-bond acceptors (Lipinski definition) is 3. The van der Waals surface area contributed by atoms with Crippen molar-refractivity contribution in [3.05, 3.63) is 0 Å². The molecule has 0 saturated carbocycles. The summed E-state index contributed by atoms with van der Waals surface area (Å²) in [6.07, 6.45) is 0. The average Bonchev–Trinajstić information content (AvgIpc) is 2.19. The minimum Gasteiger partial charge on any atom is -0.464 e. The SMILES string of the molecule is CCOC(=O)C(C)NC(=O)N(CC)CC. The van der Waals surface area contributed by atoms with Crippen LogP contribution in [0.15, 0.2) is 0 Å². The first kappa shape index (κ1) is 13.7. The number of esters is 1. The van der Waals surface area contributed by atoms with E-state index in [1.165, 1.54) is 0 Å². The number of hydrogen-bond donors (Lipinski definition) is 1. The van der Waals surface area contributed by atoms with Gasteiger partial charge in [0.15, 0.2) is 0 Å². The highest BCUT2D eigenvalue weighted by Gasteiger charge is 2.18. The Morgan fingerprint density at radius 1 is 1.27 bits per heavy atom. The Balaban J connectivity index is 4.10. The molecule has 0 aromatic rings. The molecule has 2 amide bonds. The first-order valence-electron chi connectivity index (χ1n) is 5.28. The van der Waals surface area contributed by atoms with Crippen molar-refractivity contribution in [2.45, 2.75) is 33.7 Å². The van der Waals surface area contributed by atoms with Gasteiger partial charge in [-0.2, -0.15) is 0 Å². The third kappa shape index (κ3) is 4.67. The van der Waals surface area contributed by atoms with E-state index >= 15 is 0 Å². The van der Waals surface area contributed by atoms with Crippen LogP contribution in [0.5, 0.6) is 0 Å². The largest absolute Gasteiger partial charge is 0.464 e. The van der Waals surface area contributed by atoms with Crippen LogP contribution in [0.2, 0.25) is 0 Å². The van der Waals surface area contributed by atoms with E-state index in [1.807, 2.05) is 13.8 Å². The van der Waals surface area contributed by atoms with E-state index < -0.39 is 12.0 Å². The number of carbonyl (C=O) groups excluding carboxylic acids is 2. The van der Waals surface area contributed by atoms with Crippen molar-refractivity contribution in [2.24, 2.45) is 0 Å². The van der Waals surface area contributed by atoms with Crippen LogP contribution < -0.4 is 5.32 Å². The van der Waals surface area contributed by atoms with Crippen molar-refractivity contribution < 1.29 is 14.3 Å². The maximum absolute atomic E-state index is 11.5. The zero-order chi connectivity index (χ0) is 11.8. The van der Waals surface area contributed by atoms with Gasteiger partial charge < -0.3 is 15.0 Å². The van der Waals surface area contributed by atoms with Gasteiger partial charge in [-0.25, -0.2) is 9.59 Å². The molecule has 0 radical (unpaired) electrons. The van der Waals surface area contributed by atoms with Gasteiger partial charge in [0.05, 0.1) is 6.61 Å². The molecule has 15 heavy (non-hydrogen) atoms. The van der Waals surface area contributed by atoms with Crippen LogP contribution >= 0.6 is 0 Å². The van der Waals surface area contributed by atoms with Crippen molar-refractivity contribution in [3.63, 3.8) is 0 Å². The second kappa shape index (κ2) is 7.09. The Hall–Kier alpha value is -1.26. The second-order valence-corrected chi connectivity index (χ2v) is 3.10. The first-order valence-corrected chi connectivity index (χ1v) is 5.28. The standard InChI is InChI=1S/C10H20N2O3/c1-5-12(6-2)10(14)11-8(4)9(13)15-7-3/h8H,5-7H2,1-4H3,(H,11,14). The Kier molecular flexibility index (Phi) is 6.49. The Bertz CT molecular complexity index is 215. The van der Waals surface area contributed by atoms with Crippen LogP contribution in [0.1, 0.15) is 27.7 Å². The molecule has 0 aliphatic heterocycles. The van der Waals surface area contributed by atoms with Gasteiger partial charge in [0.25, 0.3) is 0 Å². The quantitative estimate of drug-likeness (QED) is 0.697. The first-order chi connectivity index (χ1) is 7.06. The van der Waals surface area contributed by atoms with Gasteiger partial charge in [-0.15, -0.1) is 0 Å². The molecule has 0 saturated heterocycles. The van der Waals surface area contributed by atoms with Crippen LogP contribution in [0.4, 0.5) is 4.79 Å². The predicted octanol–water partition coefficient (Wildman–Crippen LogP) is 0.989. The van der Waals surface area contributed by atoms with Crippen LogP contribution in [0.25, 0.3) is 0 Å². The number of carbonyl (C=O) groups is 2. The molecule has 0 aliphatic carbocycles. The topological polar surface area (TPSA) is 58.6 Å². The van der Waals surface area contributed by atoms with Gasteiger partial charge in [0, 0.05) is 13.1 Å². The zero-order valence-electron chi connectivity index (χ0n) is 9.87. The summed E-state index contributed by atoms with van der Waals surface area (Å²) in [7, 11) is 0. The minimum atomic E-state index is -0.599. The third-order valence-corrected chi connectivity index (χ3v) is 2.03. The van der Waals surface area contributed by atoms with E-state index in [9.17, 15) is 9.59 Å². The molecule has 0 spiro atoms. The highest BCUT2D eigenvalue weighted by molar-refractivity contribution is 5.83. The van der Waals surface area contributed by atoms with Crippen LogP contribution in [0, 0.1) is 0 Å². The average molecular weight is 216 g/mol. The normalized spacial score (nSPS) is 11.7. The smallest absolute Gasteiger partial charge is 0.328 e. The summed E-state index contributed by atoms with van der Waals surface area (Å²) >= 11 is 0. The molecular formula is C10H20N2O3. The predicted molar refractivity (Wildman–Crippen MR) is 57.5 cm³/mol. The number of nitrogens with one attached hydrogen (secondary N) is 1. The fourth-order valence-corrected chi connectivity index (χ4v) is 1.11. The van der Waals surface area contributed by atoms with Gasteiger partial charge in [0.2, 0.25) is 0 Å². The van der Waals surface area contributed by atoms with Gasteiger partial charge in [-0.1, -0.05) is 0 Å². The monoisotopic (exact) mass is 216 g/mol. The molecule has 5 nitrogen and oxygen atoms in total. The number of nitrogens with zero attached hydrogens (tertiary/aromatic N) is 1. The molecule has 0 aliphatic rings. The summed E-state index contributed by atoms with van der Waals surface area (Å²) in [6, 6.07) is -0.835. The van der Waals surface area contributed by atoms with E-state index in [1.54, 1.807) is 18.7 Å². The summed E-state index contributed by atoms with van der Waals surface area (Å²) in [6.45, 7) is 8.69. The zero-order valence-corrected chi connectivity index (χ0v) is 9.87. The van der Waals surface area contributed by atoms with E-state index in [2.05, 4.69) is 5.32 Å². The van der Waals surface area contributed by atoms with E-state index in [0.717, 1.165) is 0 Å².